The lowest BCUT2D eigenvalue weighted by Gasteiger charge is -2.13. The number of halogens is 1. The smallest absolute Gasteiger partial charge is 0.186 e. The number of ketones is 1. The van der Waals surface area contributed by atoms with Gasteiger partial charge in [-0.15, -0.1) is 0 Å². The largest absolute Gasteiger partial charge is 0.496 e. The highest BCUT2D eigenvalue weighted by molar-refractivity contribution is 6.30. The Bertz CT molecular complexity index is 665. The maximum atomic E-state index is 12.4. The van der Waals surface area contributed by atoms with Crippen molar-refractivity contribution in [2.45, 2.75) is 5.92 Å². The van der Waals surface area contributed by atoms with Gasteiger partial charge in [0.25, 0.3) is 0 Å². The van der Waals surface area contributed by atoms with Gasteiger partial charge < -0.3 is 4.74 Å². The summed E-state index contributed by atoms with van der Waals surface area (Å²) in [5, 5.41) is 9.78. The van der Waals surface area contributed by atoms with Gasteiger partial charge in [-0.05, 0) is 30.3 Å². The second kappa shape index (κ2) is 6.18. The summed E-state index contributed by atoms with van der Waals surface area (Å²) in [5.74, 6) is -0.854. The Labute approximate surface area is 121 Å². The minimum atomic E-state index is -0.979. The van der Waals surface area contributed by atoms with Crippen LogP contribution in [0.4, 0.5) is 0 Å². The van der Waals surface area contributed by atoms with Gasteiger partial charge in [0.05, 0.1) is 13.2 Å². The van der Waals surface area contributed by atoms with Crippen LogP contribution in [-0.2, 0) is 0 Å². The van der Waals surface area contributed by atoms with Gasteiger partial charge in [0.2, 0.25) is 0 Å². The van der Waals surface area contributed by atoms with E-state index in [9.17, 15) is 10.1 Å². The van der Waals surface area contributed by atoms with Crippen LogP contribution < -0.4 is 4.74 Å². The zero-order chi connectivity index (χ0) is 14.5. The molecule has 1 aromatic heterocycles. The fourth-order valence-electron chi connectivity index (χ4n) is 1.88. The summed E-state index contributed by atoms with van der Waals surface area (Å²) in [6, 6.07) is 10.1. The third-order valence-corrected chi connectivity index (χ3v) is 3.08. The maximum absolute atomic E-state index is 12.4. The highest BCUT2D eigenvalue weighted by Crippen LogP contribution is 2.31. The minimum Gasteiger partial charge on any atom is -0.496 e. The van der Waals surface area contributed by atoms with E-state index in [1.165, 1.54) is 13.3 Å². The summed E-state index contributed by atoms with van der Waals surface area (Å²) in [6.07, 6.45) is 3.00. The van der Waals surface area contributed by atoms with Crippen molar-refractivity contribution >= 4 is 17.4 Å². The van der Waals surface area contributed by atoms with Crippen LogP contribution in [0.25, 0.3) is 0 Å². The van der Waals surface area contributed by atoms with Crippen LogP contribution >= 0.6 is 11.6 Å². The number of benzene rings is 1. The summed E-state index contributed by atoms with van der Waals surface area (Å²) in [7, 11) is 1.48. The molecule has 2 aromatic rings. The molecule has 100 valence electrons. The molecule has 0 radical (unpaired) electrons. The van der Waals surface area contributed by atoms with Crippen molar-refractivity contribution in [1.29, 1.82) is 5.26 Å². The molecule has 0 saturated heterocycles. The number of nitrogens with zero attached hydrogens (tertiary/aromatic N) is 2. The van der Waals surface area contributed by atoms with E-state index in [1.54, 1.807) is 36.5 Å². The Balaban J connectivity index is 2.46. The zero-order valence-corrected chi connectivity index (χ0v) is 11.5. The molecule has 1 aromatic carbocycles. The number of hydrogen-bond donors (Lipinski definition) is 0. The van der Waals surface area contributed by atoms with Crippen molar-refractivity contribution in [3.8, 4) is 11.8 Å². The van der Waals surface area contributed by atoms with Crippen LogP contribution in [0.15, 0.2) is 42.7 Å². The maximum Gasteiger partial charge on any atom is 0.186 e. The Kier molecular flexibility index (Phi) is 4.34. The molecule has 1 unspecified atom stereocenters. The third kappa shape index (κ3) is 2.79. The molecule has 2 rings (SSSR count). The molecule has 0 bridgehead atoms. The Hall–Kier alpha value is -2.38. The summed E-state index contributed by atoms with van der Waals surface area (Å²) in [5.41, 5.74) is 0.831. The molecule has 0 amide bonds. The lowest BCUT2D eigenvalue weighted by Crippen LogP contribution is -2.12. The van der Waals surface area contributed by atoms with E-state index in [2.05, 4.69) is 4.98 Å². The topological polar surface area (TPSA) is 63.0 Å². The second-order valence-corrected chi connectivity index (χ2v) is 4.49. The molecule has 0 aliphatic rings. The van der Waals surface area contributed by atoms with Crippen LogP contribution in [0, 0.1) is 11.3 Å². The van der Waals surface area contributed by atoms with Crippen LogP contribution in [0.2, 0.25) is 5.02 Å². The number of nitriles is 1. The van der Waals surface area contributed by atoms with E-state index in [-0.39, 0.29) is 5.78 Å². The summed E-state index contributed by atoms with van der Waals surface area (Å²) in [4.78, 5) is 16.3. The lowest BCUT2D eigenvalue weighted by atomic mass is 9.92. The minimum absolute atomic E-state index is 0.332. The molecule has 1 atom stereocenters. The molecule has 1 heterocycles. The summed E-state index contributed by atoms with van der Waals surface area (Å²) in [6.45, 7) is 0. The van der Waals surface area contributed by atoms with Crippen molar-refractivity contribution in [1.82, 2.24) is 4.98 Å². The van der Waals surface area contributed by atoms with E-state index >= 15 is 0 Å². The van der Waals surface area contributed by atoms with Crippen molar-refractivity contribution in [2.75, 3.05) is 7.11 Å². The average molecular weight is 287 g/mol. The van der Waals surface area contributed by atoms with Gasteiger partial charge in [-0.3, -0.25) is 9.78 Å². The van der Waals surface area contributed by atoms with Crippen molar-refractivity contribution < 1.29 is 9.53 Å². The van der Waals surface area contributed by atoms with Crippen LogP contribution in [0.3, 0.4) is 0 Å². The van der Waals surface area contributed by atoms with Crippen molar-refractivity contribution in [3.05, 3.63) is 58.9 Å². The van der Waals surface area contributed by atoms with Gasteiger partial charge in [0.1, 0.15) is 11.7 Å². The highest BCUT2D eigenvalue weighted by Gasteiger charge is 2.25. The van der Waals surface area contributed by atoms with E-state index in [0.29, 0.717) is 21.9 Å². The molecular formula is C15H11ClN2O2. The summed E-state index contributed by atoms with van der Waals surface area (Å²) < 4.78 is 5.19. The van der Waals surface area contributed by atoms with Crippen molar-refractivity contribution in [2.24, 2.45) is 0 Å². The number of Topliss-reactive ketones (excluding diaryl/α,β-unsaturated/α-hetero) is 1. The number of carbonyl (C=O) groups is 1. The number of methoxy groups -OCH3 is 1. The Morgan fingerprint density at radius 3 is 2.85 bits per heavy atom. The normalized spacial score (nSPS) is 11.4. The first-order valence-electron chi connectivity index (χ1n) is 5.84. The molecule has 0 N–H and O–H groups in total. The molecule has 0 fully saturated rings. The zero-order valence-electron chi connectivity index (χ0n) is 10.7. The number of pyridine rings is 1. The van der Waals surface area contributed by atoms with E-state index in [0.717, 1.165) is 0 Å². The van der Waals surface area contributed by atoms with Crippen LogP contribution in [0.5, 0.6) is 5.75 Å². The number of hydrogen-bond acceptors (Lipinski definition) is 4. The highest BCUT2D eigenvalue weighted by atomic mass is 35.5. The first kappa shape index (κ1) is 14.0. The number of rotatable bonds is 4. The van der Waals surface area contributed by atoms with E-state index in [1.807, 2.05) is 6.07 Å². The molecule has 0 spiro atoms. The van der Waals surface area contributed by atoms with E-state index < -0.39 is 5.92 Å². The fraction of sp³-hybridized carbons (Fsp3) is 0.133. The van der Waals surface area contributed by atoms with E-state index in [4.69, 9.17) is 16.3 Å². The molecule has 0 aliphatic carbocycles. The third-order valence-electron chi connectivity index (χ3n) is 2.84. The predicted molar refractivity (Wildman–Crippen MR) is 74.9 cm³/mol. The Morgan fingerprint density at radius 1 is 1.45 bits per heavy atom. The summed E-state index contributed by atoms with van der Waals surface area (Å²) >= 11 is 5.94. The molecule has 4 nitrogen and oxygen atoms in total. The Morgan fingerprint density at radius 2 is 2.25 bits per heavy atom. The molecule has 20 heavy (non-hydrogen) atoms. The predicted octanol–water partition coefficient (Wildman–Crippen LogP) is 3.23. The SMILES string of the molecule is COc1ccc(Cl)cc1C(C#N)C(=O)c1cccnc1. The molecule has 5 heteroatoms. The standard InChI is InChI=1S/C15H11ClN2O2/c1-20-14-5-4-11(16)7-12(14)13(8-17)15(19)10-3-2-6-18-9-10/h2-7,9,13H,1H3. The van der Waals surface area contributed by atoms with Gasteiger partial charge in [-0.25, -0.2) is 0 Å². The molecule has 0 saturated carbocycles. The van der Waals surface area contributed by atoms with Gasteiger partial charge in [-0.2, -0.15) is 5.26 Å². The first-order valence-corrected chi connectivity index (χ1v) is 6.22. The van der Waals surface area contributed by atoms with Crippen LogP contribution in [0.1, 0.15) is 21.8 Å². The first-order chi connectivity index (χ1) is 9.67. The second-order valence-electron chi connectivity index (χ2n) is 4.05. The van der Waals surface area contributed by atoms with Gasteiger partial charge >= 0.3 is 0 Å². The quantitative estimate of drug-likeness (QED) is 0.810. The van der Waals surface area contributed by atoms with Crippen molar-refractivity contribution in [3.63, 3.8) is 0 Å². The average Bonchev–Trinajstić information content (AvgIpc) is 2.49. The number of aromatic nitrogens is 1. The molecule has 0 aliphatic heterocycles. The fourth-order valence-corrected chi connectivity index (χ4v) is 2.06. The number of ether oxygens (including phenoxy) is 1. The van der Waals surface area contributed by atoms with Gasteiger partial charge in [-0.1, -0.05) is 11.6 Å². The van der Waals surface area contributed by atoms with Gasteiger partial charge in [0, 0.05) is 28.5 Å². The monoisotopic (exact) mass is 286 g/mol. The van der Waals surface area contributed by atoms with Crippen LogP contribution in [-0.4, -0.2) is 17.9 Å². The van der Waals surface area contributed by atoms with Gasteiger partial charge in [0.15, 0.2) is 5.78 Å². The lowest BCUT2D eigenvalue weighted by molar-refractivity contribution is 0.0977. The number of carbonyl (C=O) groups excluding carboxylic acids is 1. The molecular weight excluding hydrogens is 276 g/mol.